The van der Waals surface area contributed by atoms with E-state index in [0.29, 0.717) is 43.2 Å². The van der Waals surface area contributed by atoms with Crippen LogP contribution in [0.5, 0.6) is 0 Å². The van der Waals surface area contributed by atoms with Gasteiger partial charge in [-0.2, -0.15) is 4.31 Å². The van der Waals surface area contributed by atoms with Gasteiger partial charge in [0.05, 0.1) is 18.1 Å². The SMILES string of the molecule is Cc1cc(N)ccc1NC(=O)c1ccc(S(=O)(=O)N2CCOCC2)cc1. The monoisotopic (exact) mass is 375 g/mol. The number of amides is 1. The molecule has 0 aliphatic carbocycles. The van der Waals surface area contributed by atoms with Crippen molar-refractivity contribution in [3.63, 3.8) is 0 Å². The Hall–Kier alpha value is -2.42. The molecule has 26 heavy (non-hydrogen) atoms. The van der Waals surface area contributed by atoms with Crippen molar-refractivity contribution in [1.82, 2.24) is 4.31 Å². The fraction of sp³-hybridized carbons (Fsp3) is 0.278. The quantitative estimate of drug-likeness (QED) is 0.794. The molecule has 8 heteroatoms. The molecule has 3 rings (SSSR count). The Labute approximate surface area is 152 Å². The standard InChI is InChI=1S/C18H21N3O4S/c1-13-12-15(19)4-7-17(13)20-18(22)14-2-5-16(6-3-14)26(23,24)21-8-10-25-11-9-21/h2-7,12H,8-11,19H2,1H3,(H,20,22). The van der Waals surface area contributed by atoms with Crippen molar-refractivity contribution < 1.29 is 17.9 Å². The Kier molecular flexibility index (Phi) is 5.26. The van der Waals surface area contributed by atoms with E-state index in [1.807, 2.05) is 6.92 Å². The third kappa shape index (κ3) is 3.87. The first kappa shape index (κ1) is 18.4. The summed E-state index contributed by atoms with van der Waals surface area (Å²) in [6.45, 7) is 3.30. The average molecular weight is 375 g/mol. The zero-order valence-corrected chi connectivity index (χ0v) is 15.3. The van der Waals surface area contributed by atoms with Crippen LogP contribution in [-0.4, -0.2) is 44.9 Å². The van der Waals surface area contributed by atoms with Crippen LogP contribution in [-0.2, 0) is 14.8 Å². The van der Waals surface area contributed by atoms with E-state index in [4.69, 9.17) is 10.5 Å². The summed E-state index contributed by atoms with van der Waals surface area (Å²) in [4.78, 5) is 12.6. The zero-order valence-electron chi connectivity index (χ0n) is 14.4. The molecular weight excluding hydrogens is 354 g/mol. The van der Waals surface area contributed by atoms with E-state index in [1.54, 1.807) is 18.2 Å². The van der Waals surface area contributed by atoms with Crippen LogP contribution in [0.15, 0.2) is 47.4 Å². The lowest BCUT2D eigenvalue weighted by Crippen LogP contribution is -2.40. The number of nitrogens with one attached hydrogen (secondary N) is 1. The molecule has 2 aromatic carbocycles. The molecule has 0 aromatic heterocycles. The van der Waals surface area contributed by atoms with Gasteiger partial charge in [-0.25, -0.2) is 8.42 Å². The molecule has 3 N–H and O–H groups in total. The van der Waals surface area contributed by atoms with E-state index in [-0.39, 0.29) is 10.8 Å². The summed E-state index contributed by atoms with van der Waals surface area (Å²) in [7, 11) is -3.57. The summed E-state index contributed by atoms with van der Waals surface area (Å²) < 4.78 is 31.8. The summed E-state index contributed by atoms with van der Waals surface area (Å²) in [6.07, 6.45) is 0. The highest BCUT2D eigenvalue weighted by molar-refractivity contribution is 7.89. The molecule has 0 atom stereocenters. The first-order valence-electron chi connectivity index (χ1n) is 8.23. The molecule has 138 valence electrons. The first-order chi connectivity index (χ1) is 12.4. The number of anilines is 2. The van der Waals surface area contributed by atoms with Crippen LogP contribution in [0.25, 0.3) is 0 Å². The normalized spacial score (nSPS) is 15.6. The lowest BCUT2D eigenvalue weighted by molar-refractivity contribution is 0.0730. The van der Waals surface area contributed by atoms with Gasteiger partial charge in [0, 0.05) is 30.0 Å². The van der Waals surface area contributed by atoms with Crippen molar-refractivity contribution in [2.45, 2.75) is 11.8 Å². The van der Waals surface area contributed by atoms with Crippen molar-refractivity contribution in [2.75, 3.05) is 37.4 Å². The highest BCUT2D eigenvalue weighted by atomic mass is 32.2. The fourth-order valence-corrected chi connectivity index (χ4v) is 4.14. The van der Waals surface area contributed by atoms with Gasteiger partial charge >= 0.3 is 0 Å². The number of nitrogen functional groups attached to an aromatic ring is 1. The predicted octanol–water partition coefficient (Wildman–Crippen LogP) is 1.85. The zero-order chi connectivity index (χ0) is 18.7. The Bertz CT molecular complexity index is 905. The Balaban J connectivity index is 1.75. The molecule has 0 spiro atoms. The van der Waals surface area contributed by atoms with Gasteiger partial charge in [0.15, 0.2) is 0 Å². The van der Waals surface area contributed by atoms with Crippen LogP contribution in [0.2, 0.25) is 0 Å². The number of benzene rings is 2. The van der Waals surface area contributed by atoms with E-state index in [0.717, 1.165) is 5.56 Å². The Morgan fingerprint density at radius 3 is 2.38 bits per heavy atom. The number of nitrogens with two attached hydrogens (primary N) is 1. The third-order valence-electron chi connectivity index (χ3n) is 4.22. The number of carbonyl (C=O) groups is 1. The van der Waals surface area contributed by atoms with Gasteiger partial charge in [0.1, 0.15) is 0 Å². The Morgan fingerprint density at radius 1 is 1.12 bits per heavy atom. The average Bonchev–Trinajstić information content (AvgIpc) is 2.65. The molecule has 0 saturated carbocycles. The van der Waals surface area contributed by atoms with Crippen molar-refractivity contribution in [3.05, 3.63) is 53.6 Å². The molecule has 0 unspecified atom stereocenters. The van der Waals surface area contributed by atoms with E-state index >= 15 is 0 Å². The lowest BCUT2D eigenvalue weighted by Gasteiger charge is -2.26. The number of carbonyl (C=O) groups excluding carboxylic acids is 1. The fourth-order valence-electron chi connectivity index (χ4n) is 2.74. The molecule has 1 aliphatic rings. The molecule has 1 aliphatic heterocycles. The van der Waals surface area contributed by atoms with Crippen LogP contribution >= 0.6 is 0 Å². The van der Waals surface area contributed by atoms with Gasteiger partial charge in [-0.3, -0.25) is 4.79 Å². The molecule has 1 amide bonds. The second kappa shape index (κ2) is 7.45. The van der Waals surface area contributed by atoms with Crippen LogP contribution in [0.3, 0.4) is 0 Å². The molecule has 0 bridgehead atoms. The van der Waals surface area contributed by atoms with Crippen molar-refractivity contribution >= 4 is 27.3 Å². The molecular formula is C18H21N3O4S. The molecule has 0 radical (unpaired) electrons. The number of hydrogen-bond acceptors (Lipinski definition) is 5. The van der Waals surface area contributed by atoms with Crippen molar-refractivity contribution in [2.24, 2.45) is 0 Å². The van der Waals surface area contributed by atoms with Gasteiger partial charge in [0.2, 0.25) is 10.0 Å². The number of rotatable bonds is 4. The highest BCUT2D eigenvalue weighted by Gasteiger charge is 2.26. The second-order valence-corrected chi connectivity index (χ2v) is 8.01. The van der Waals surface area contributed by atoms with Gasteiger partial charge < -0.3 is 15.8 Å². The summed E-state index contributed by atoms with van der Waals surface area (Å²) in [5.74, 6) is -0.312. The summed E-state index contributed by atoms with van der Waals surface area (Å²) >= 11 is 0. The predicted molar refractivity (Wildman–Crippen MR) is 99.6 cm³/mol. The first-order valence-corrected chi connectivity index (χ1v) is 9.67. The topological polar surface area (TPSA) is 102 Å². The largest absolute Gasteiger partial charge is 0.399 e. The molecule has 1 heterocycles. The van der Waals surface area contributed by atoms with Crippen LogP contribution in [0.1, 0.15) is 15.9 Å². The smallest absolute Gasteiger partial charge is 0.255 e. The van der Waals surface area contributed by atoms with Crippen LogP contribution < -0.4 is 11.1 Å². The second-order valence-electron chi connectivity index (χ2n) is 6.07. The maximum atomic E-state index is 12.6. The Morgan fingerprint density at radius 2 is 1.77 bits per heavy atom. The molecule has 7 nitrogen and oxygen atoms in total. The highest BCUT2D eigenvalue weighted by Crippen LogP contribution is 2.20. The summed E-state index contributed by atoms with van der Waals surface area (Å²) in [6, 6.07) is 11.1. The van der Waals surface area contributed by atoms with Crippen LogP contribution in [0, 0.1) is 6.92 Å². The maximum absolute atomic E-state index is 12.6. The van der Waals surface area contributed by atoms with Gasteiger partial charge in [-0.05, 0) is 55.0 Å². The molecule has 1 fully saturated rings. The summed E-state index contributed by atoms with van der Waals surface area (Å²) in [5.41, 5.74) is 8.22. The van der Waals surface area contributed by atoms with Gasteiger partial charge in [0.25, 0.3) is 5.91 Å². The van der Waals surface area contributed by atoms with Crippen LogP contribution in [0.4, 0.5) is 11.4 Å². The number of nitrogens with zero attached hydrogens (tertiary/aromatic N) is 1. The maximum Gasteiger partial charge on any atom is 0.255 e. The number of sulfonamides is 1. The number of hydrogen-bond donors (Lipinski definition) is 2. The number of aryl methyl sites for hydroxylation is 1. The van der Waals surface area contributed by atoms with E-state index in [1.165, 1.54) is 28.6 Å². The van der Waals surface area contributed by atoms with Gasteiger partial charge in [-0.15, -0.1) is 0 Å². The number of morpholine rings is 1. The van der Waals surface area contributed by atoms with E-state index in [9.17, 15) is 13.2 Å². The van der Waals surface area contributed by atoms with E-state index < -0.39 is 10.0 Å². The molecule has 1 saturated heterocycles. The molecule has 2 aromatic rings. The third-order valence-corrected chi connectivity index (χ3v) is 6.14. The number of ether oxygens (including phenoxy) is 1. The lowest BCUT2D eigenvalue weighted by atomic mass is 10.1. The minimum atomic E-state index is -3.57. The van der Waals surface area contributed by atoms with E-state index in [2.05, 4.69) is 5.32 Å². The van der Waals surface area contributed by atoms with Gasteiger partial charge in [-0.1, -0.05) is 0 Å². The van der Waals surface area contributed by atoms with Crippen molar-refractivity contribution in [3.8, 4) is 0 Å². The minimum Gasteiger partial charge on any atom is -0.399 e. The minimum absolute atomic E-state index is 0.166. The summed E-state index contributed by atoms with van der Waals surface area (Å²) in [5, 5.41) is 2.80. The van der Waals surface area contributed by atoms with Crippen molar-refractivity contribution in [1.29, 1.82) is 0 Å².